The molecule has 5 nitrogen and oxygen atoms in total. The van der Waals surface area contributed by atoms with E-state index in [1.807, 2.05) is 23.1 Å². The molecule has 126 valence electrons. The van der Waals surface area contributed by atoms with Crippen molar-refractivity contribution in [3.63, 3.8) is 0 Å². The van der Waals surface area contributed by atoms with Gasteiger partial charge in [-0.05, 0) is 31.4 Å². The van der Waals surface area contributed by atoms with Crippen molar-refractivity contribution in [2.75, 3.05) is 19.7 Å². The fourth-order valence-corrected chi connectivity index (χ4v) is 2.81. The minimum atomic E-state index is 0.0361. The van der Waals surface area contributed by atoms with Gasteiger partial charge >= 0.3 is 0 Å². The molecular formula is C17H23ClN2O3. The number of ether oxygens (including phenoxy) is 1. The van der Waals surface area contributed by atoms with Crippen molar-refractivity contribution in [1.29, 1.82) is 0 Å². The van der Waals surface area contributed by atoms with Crippen molar-refractivity contribution < 1.29 is 14.3 Å². The van der Waals surface area contributed by atoms with Gasteiger partial charge in [0.1, 0.15) is 5.75 Å². The molecule has 1 aromatic carbocycles. The zero-order chi connectivity index (χ0) is 16.7. The van der Waals surface area contributed by atoms with Crippen LogP contribution in [0.3, 0.4) is 0 Å². The van der Waals surface area contributed by atoms with Gasteiger partial charge in [-0.2, -0.15) is 0 Å². The molecule has 23 heavy (non-hydrogen) atoms. The number of nitrogens with zero attached hydrogens (tertiary/aromatic N) is 1. The van der Waals surface area contributed by atoms with Crippen LogP contribution in [0.2, 0.25) is 5.02 Å². The first-order chi connectivity index (χ1) is 11.1. The number of nitrogens with one attached hydrogen (secondary N) is 1. The van der Waals surface area contributed by atoms with Crippen molar-refractivity contribution in [1.82, 2.24) is 10.2 Å². The summed E-state index contributed by atoms with van der Waals surface area (Å²) in [6.07, 6.45) is 2.71. The molecule has 1 aliphatic heterocycles. The van der Waals surface area contributed by atoms with Crippen molar-refractivity contribution in [2.24, 2.45) is 0 Å². The Hall–Kier alpha value is -1.75. The molecule has 0 saturated carbocycles. The first-order valence-corrected chi connectivity index (χ1v) is 8.36. The zero-order valence-electron chi connectivity index (χ0n) is 13.4. The first kappa shape index (κ1) is 17.6. The third-order valence-corrected chi connectivity index (χ3v) is 4.26. The molecule has 0 spiro atoms. The molecular weight excluding hydrogens is 316 g/mol. The van der Waals surface area contributed by atoms with Crippen LogP contribution in [0.4, 0.5) is 0 Å². The Morgan fingerprint density at radius 3 is 2.65 bits per heavy atom. The Morgan fingerprint density at radius 2 is 2.00 bits per heavy atom. The highest BCUT2D eigenvalue weighted by atomic mass is 35.5. The number of piperidine rings is 1. The van der Waals surface area contributed by atoms with Crippen LogP contribution in [0.15, 0.2) is 24.3 Å². The van der Waals surface area contributed by atoms with Crippen molar-refractivity contribution in [2.45, 2.75) is 38.6 Å². The SMILES string of the molecule is CC(=O)N1CCC(NC(=O)CCCOc2ccccc2Cl)CC1. The third-order valence-electron chi connectivity index (χ3n) is 3.95. The number of benzene rings is 1. The maximum atomic E-state index is 11.9. The molecule has 1 aliphatic rings. The van der Waals surface area contributed by atoms with Gasteiger partial charge in [0, 0.05) is 32.5 Å². The van der Waals surface area contributed by atoms with Gasteiger partial charge in [0.25, 0.3) is 0 Å². The maximum absolute atomic E-state index is 11.9. The molecule has 1 fully saturated rings. The second kappa shape index (κ2) is 8.77. The van der Waals surface area contributed by atoms with Crippen molar-refractivity contribution in [3.8, 4) is 5.75 Å². The summed E-state index contributed by atoms with van der Waals surface area (Å²) in [6.45, 7) is 3.48. The largest absolute Gasteiger partial charge is 0.492 e. The highest BCUT2D eigenvalue weighted by Crippen LogP contribution is 2.23. The van der Waals surface area contributed by atoms with E-state index in [0.717, 1.165) is 25.9 Å². The molecule has 2 rings (SSSR count). The fraction of sp³-hybridized carbons (Fsp3) is 0.529. The van der Waals surface area contributed by atoms with Gasteiger partial charge in [-0.25, -0.2) is 0 Å². The Kier molecular flexibility index (Phi) is 6.71. The summed E-state index contributed by atoms with van der Waals surface area (Å²) in [5, 5.41) is 3.61. The molecule has 0 atom stereocenters. The summed E-state index contributed by atoms with van der Waals surface area (Å²) in [7, 11) is 0. The average Bonchev–Trinajstić information content (AvgIpc) is 2.53. The number of halogens is 1. The van der Waals surface area contributed by atoms with Gasteiger partial charge in [-0.3, -0.25) is 9.59 Å². The number of para-hydroxylation sites is 1. The number of hydrogen-bond donors (Lipinski definition) is 1. The highest BCUT2D eigenvalue weighted by Gasteiger charge is 2.21. The number of hydrogen-bond acceptors (Lipinski definition) is 3. The van der Waals surface area contributed by atoms with E-state index in [1.54, 1.807) is 13.0 Å². The van der Waals surface area contributed by atoms with Crippen LogP contribution in [0.25, 0.3) is 0 Å². The van der Waals surface area contributed by atoms with Gasteiger partial charge in [0.15, 0.2) is 0 Å². The molecule has 1 heterocycles. The van der Waals surface area contributed by atoms with E-state index >= 15 is 0 Å². The Morgan fingerprint density at radius 1 is 1.30 bits per heavy atom. The van der Waals surface area contributed by atoms with E-state index < -0.39 is 0 Å². The number of carbonyl (C=O) groups is 2. The minimum Gasteiger partial charge on any atom is -0.492 e. The lowest BCUT2D eigenvalue weighted by molar-refractivity contribution is -0.130. The van der Waals surface area contributed by atoms with E-state index in [4.69, 9.17) is 16.3 Å². The van der Waals surface area contributed by atoms with Crippen LogP contribution in [-0.4, -0.2) is 42.5 Å². The topological polar surface area (TPSA) is 58.6 Å². The number of rotatable bonds is 6. The van der Waals surface area contributed by atoms with Crippen LogP contribution >= 0.6 is 11.6 Å². The Balaban J connectivity index is 1.61. The second-order valence-electron chi connectivity index (χ2n) is 5.73. The van der Waals surface area contributed by atoms with E-state index in [9.17, 15) is 9.59 Å². The van der Waals surface area contributed by atoms with E-state index in [0.29, 0.717) is 30.2 Å². The highest BCUT2D eigenvalue weighted by molar-refractivity contribution is 6.32. The van der Waals surface area contributed by atoms with Crippen LogP contribution in [0, 0.1) is 0 Å². The fourth-order valence-electron chi connectivity index (χ4n) is 2.62. The van der Waals surface area contributed by atoms with Gasteiger partial charge in [0.2, 0.25) is 11.8 Å². The minimum absolute atomic E-state index is 0.0361. The van der Waals surface area contributed by atoms with Crippen LogP contribution < -0.4 is 10.1 Å². The van der Waals surface area contributed by atoms with E-state index in [2.05, 4.69) is 5.32 Å². The summed E-state index contributed by atoms with van der Waals surface area (Å²) in [5.74, 6) is 0.784. The van der Waals surface area contributed by atoms with Gasteiger partial charge < -0.3 is 15.0 Å². The van der Waals surface area contributed by atoms with Gasteiger partial charge in [0.05, 0.1) is 11.6 Å². The molecule has 0 bridgehead atoms. The quantitative estimate of drug-likeness (QED) is 0.811. The van der Waals surface area contributed by atoms with E-state index in [1.165, 1.54) is 0 Å². The predicted molar refractivity (Wildman–Crippen MR) is 89.6 cm³/mol. The molecule has 0 aliphatic carbocycles. The first-order valence-electron chi connectivity index (χ1n) is 7.98. The normalized spacial score (nSPS) is 15.3. The molecule has 0 radical (unpaired) electrons. The number of carbonyl (C=O) groups excluding carboxylic acids is 2. The van der Waals surface area contributed by atoms with E-state index in [-0.39, 0.29) is 17.9 Å². The van der Waals surface area contributed by atoms with Crippen LogP contribution in [0.1, 0.15) is 32.6 Å². The maximum Gasteiger partial charge on any atom is 0.220 e. The summed E-state index contributed by atoms with van der Waals surface area (Å²) in [6, 6.07) is 7.46. The summed E-state index contributed by atoms with van der Waals surface area (Å²) >= 11 is 6.00. The Bertz CT molecular complexity index is 542. The average molecular weight is 339 g/mol. The molecule has 1 N–H and O–H groups in total. The number of amides is 2. The third kappa shape index (κ3) is 5.75. The monoisotopic (exact) mass is 338 g/mol. The molecule has 0 aromatic heterocycles. The van der Waals surface area contributed by atoms with Crippen LogP contribution in [0.5, 0.6) is 5.75 Å². The molecule has 0 unspecified atom stereocenters. The van der Waals surface area contributed by atoms with Gasteiger partial charge in [-0.15, -0.1) is 0 Å². The zero-order valence-corrected chi connectivity index (χ0v) is 14.1. The molecule has 2 amide bonds. The second-order valence-corrected chi connectivity index (χ2v) is 6.14. The Labute approximate surface area is 141 Å². The smallest absolute Gasteiger partial charge is 0.220 e. The molecule has 6 heteroatoms. The molecule has 1 saturated heterocycles. The lowest BCUT2D eigenvalue weighted by Gasteiger charge is -2.31. The van der Waals surface area contributed by atoms with Crippen molar-refractivity contribution in [3.05, 3.63) is 29.3 Å². The summed E-state index contributed by atoms with van der Waals surface area (Å²) < 4.78 is 5.56. The lowest BCUT2D eigenvalue weighted by atomic mass is 10.0. The lowest BCUT2D eigenvalue weighted by Crippen LogP contribution is -2.46. The molecule has 1 aromatic rings. The number of likely N-dealkylation sites (tertiary alicyclic amines) is 1. The van der Waals surface area contributed by atoms with Crippen LogP contribution in [-0.2, 0) is 9.59 Å². The van der Waals surface area contributed by atoms with Gasteiger partial charge in [-0.1, -0.05) is 23.7 Å². The predicted octanol–water partition coefficient (Wildman–Crippen LogP) is 2.63. The van der Waals surface area contributed by atoms with Crippen molar-refractivity contribution >= 4 is 23.4 Å². The summed E-state index contributed by atoms with van der Waals surface area (Å²) in [4.78, 5) is 25.0. The standard InChI is InChI=1S/C17H23ClN2O3/c1-13(21)20-10-8-14(9-11-20)19-17(22)7-4-12-23-16-6-3-2-5-15(16)18/h2-3,5-6,14H,4,7-12H2,1H3,(H,19,22). The summed E-state index contributed by atoms with van der Waals surface area (Å²) in [5.41, 5.74) is 0.